The van der Waals surface area contributed by atoms with Gasteiger partial charge in [-0.25, -0.2) is 0 Å². The average Bonchev–Trinajstić information content (AvgIpc) is 2.75. The number of benzene rings is 1. The maximum atomic E-state index is 13.0. The molecule has 0 saturated heterocycles. The van der Waals surface area contributed by atoms with Crippen LogP contribution < -0.4 is 4.90 Å². The Hall–Kier alpha value is -0.491. The van der Waals surface area contributed by atoms with Crippen LogP contribution in [0.2, 0.25) is 13.3 Å². The molecule has 3 nitrogen and oxygen atoms in total. The number of nitrogens with zero attached hydrogens (tertiary/aromatic N) is 1. The van der Waals surface area contributed by atoms with E-state index in [0.29, 0.717) is 13.2 Å². The fourth-order valence-electron chi connectivity index (χ4n) is 4.26. The Morgan fingerprint density at radius 2 is 1.53 bits per heavy atom. The van der Waals surface area contributed by atoms with Gasteiger partial charge in [0, 0.05) is 0 Å². The Labute approximate surface area is 197 Å². The molecule has 0 spiro atoms. The van der Waals surface area contributed by atoms with Crippen molar-refractivity contribution in [1.82, 2.24) is 0 Å². The third kappa shape index (κ3) is 8.22. The van der Waals surface area contributed by atoms with Crippen LogP contribution in [0.5, 0.6) is 0 Å². The SMILES string of the molecule is C/C=[C](\CN(C(=O)OCC)c1ccccc1Br)[Sn]([CH2]CCC)([CH2]CCC)[CH2]CCC. The van der Waals surface area contributed by atoms with Crippen molar-refractivity contribution in [3.8, 4) is 0 Å². The van der Waals surface area contributed by atoms with E-state index in [4.69, 9.17) is 4.74 Å². The van der Waals surface area contributed by atoms with E-state index in [2.05, 4.69) is 49.7 Å². The van der Waals surface area contributed by atoms with Gasteiger partial charge in [-0.1, -0.05) is 0 Å². The summed E-state index contributed by atoms with van der Waals surface area (Å²) < 4.78 is 12.2. The minimum absolute atomic E-state index is 0.245. The van der Waals surface area contributed by atoms with E-state index >= 15 is 0 Å². The number of carbonyl (C=O) groups excluding carboxylic acids is 1. The van der Waals surface area contributed by atoms with Crippen molar-refractivity contribution in [1.29, 1.82) is 0 Å². The zero-order chi connectivity index (χ0) is 22.4. The first-order valence-electron chi connectivity index (χ1n) is 11.8. The molecule has 0 aliphatic carbocycles. The first-order chi connectivity index (χ1) is 14.5. The summed E-state index contributed by atoms with van der Waals surface area (Å²) in [6.07, 6.45) is 9.81. The molecule has 1 amide bonds. The summed E-state index contributed by atoms with van der Waals surface area (Å²) >= 11 is 1.04. The van der Waals surface area contributed by atoms with Crippen molar-refractivity contribution >= 4 is 46.1 Å². The van der Waals surface area contributed by atoms with E-state index in [1.165, 1.54) is 51.8 Å². The fourth-order valence-corrected chi connectivity index (χ4v) is 21.6. The molecule has 0 atom stereocenters. The summed E-state index contributed by atoms with van der Waals surface area (Å²) in [5.41, 5.74) is 0.900. The molecule has 0 aliphatic heterocycles. The number of unbranched alkanes of at least 4 members (excludes halogenated alkanes) is 3. The number of para-hydroxylation sites is 1. The molecule has 0 heterocycles. The Kier molecular flexibility index (Phi) is 14.1. The molecule has 5 heteroatoms. The predicted octanol–water partition coefficient (Wildman–Crippen LogP) is 8.75. The molecule has 0 unspecified atom stereocenters. The van der Waals surface area contributed by atoms with Gasteiger partial charge < -0.3 is 0 Å². The van der Waals surface area contributed by atoms with Gasteiger partial charge in [-0.15, -0.1) is 0 Å². The van der Waals surface area contributed by atoms with Crippen molar-refractivity contribution in [3.05, 3.63) is 38.4 Å². The second-order valence-electron chi connectivity index (χ2n) is 8.14. The summed E-state index contributed by atoms with van der Waals surface area (Å²) in [4.78, 5) is 14.9. The Bertz CT molecular complexity index is 641. The van der Waals surface area contributed by atoms with Crippen LogP contribution in [-0.4, -0.2) is 37.6 Å². The summed E-state index contributed by atoms with van der Waals surface area (Å²) in [7, 11) is 0. The molecule has 1 aromatic rings. The van der Waals surface area contributed by atoms with Crippen LogP contribution in [0.1, 0.15) is 73.1 Å². The number of hydrogen-bond donors (Lipinski definition) is 0. The molecule has 0 N–H and O–H groups in total. The van der Waals surface area contributed by atoms with Gasteiger partial charge in [0.2, 0.25) is 0 Å². The number of hydrogen-bond acceptors (Lipinski definition) is 2. The van der Waals surface area contributed by atoms with Crippen LogP contribution in [-0.2, 0) is 4.74 Å². The van der Waals surface area contributed by atoms with Crippen LogP contribution in [0.25, 0.3) is 0 Å². The number of amides is 1. The zero-order valence-electron chi connectivity index (χ0n) is 19.8. The number of halogens is 1. The Balaban J connectivity index is 3.36. The molecule has 0 bridgehead atoms. The summed E-state index contributed by atoms with van der Waals surface area (Å²) in [5, 5.41) is 0. The van der Waals surface area contributed by atoms with Crippen molar-refractivity contribution in [2.24, 2.45) is 0 Å². The van der Waals surface area contributed by atoms with E-state index in [9.17, 15) is 4.79 Å². The molecular weight excluding hydrogens is 545 g/mol. The van der Waals surface area contributed by atoms with Crippen LogP contribution in [0.4, 0.5) is 10.5 Å². The van der Waals surface area contributed by atoms with Crippen LogP contribution in [0.15, 0.2) is 38.4 Å². The third-order valence-electron chi connectivity index (χ3n) is 6.02. The number of anilines is 1. The maximum absolute atomic E-state index is 13.0. The number of allylic oxidation sites excluding steroid dienone is 1. The van der Waals surface area contributed by atoms with Gasteiger partial charge in [-0.3, -0.25) is 0 Å². The van der Waals surface area contributed by atoms with Gasteiger partial charge in [0.25, 0.3) is 0 Å². The quantitative estimate of drug-likeness (QED) is 0.204. The van der Waals surface area contributed by atoms with E-state index in [-0.39, 0.29) is 6.09 Å². The molecule has 1 rings (SSSR count). The zero-order valence-corrected chi connectivity index (χ0v) is 24.2. The Morgan fingerprint density at radius 1 is 1.00 bits per heavy atom. The summed E-state index contributed by atoms with van der Waals surface area (Å²) in [5.74, 6) is 0. The number of ether oxygens (including phenoxy) is 1. The summed E-state index contributed by atoms with van der Waals surface area (Å²) in [6.45, 7) is 12.0. The second kappa shape index (κ2) is 15.3. The van der Waals surface area contributed by atoms with Crippen LogP contribution in [0.3, 0.4) is 0 Å². The number of rotatable bonds is 14. The molecule has 0 aliphatic rings. The van der Waals surface area contributed by atoms with Gasteiger partial charge in [0.15, 0.2) is 0 Å². The van der Waals surface area contributed by atoms with Gasteiger partial charge in [-0.2, -0.15) is 0 Å². The molecule has 0 aromatic heterocycles. The molecule has 0 radical (unpaired) electrons. The molecule has 0 saturated carbocycles. The number of carbonyl (C=O) groups is 1. The third-order valence-corrected chi connectivity index (χ3v) is 23.1. The van der Waals surface area contributed by atoms with Crippen LogP contribution >= 0.6 is 15.9 Å². The van der Waals surface area contributed by atoms with E-state index < -0.39 is 18.4 Å². The van der Waals surface area contributed by atoms with Gasteiger partial charge in [0.1, 0.15) is 0 Å². The van der Waals surface area contributed by atoms with Gasteiger partial charge in [0.05, 0.1) is 0 Å². The monoisotopic (exact) mass is 587 g/mol. The summed E-state index contributed by atoms with van der Waals surface area (Å²) in [6, 6.07) is 7.98. The molecule has 0 fully saturated rings. The molecule has 1 aromatic carbocycles. The molecular formula is C25H42BrNO2Sn. The molecule has 170 valence electrons. The van der Waals surface area contributed by atoms with Crippen molar-refractivity contribution in [3.63, 3.8) is 0 Å². The predicted molar refractivity (Wildman–Crippen MR) is 137 cm³/mol. The van der Waals surface area contributed by atoms with Crippen molar-refractivity contribution < 1.29 is 9.53 Å². The molecule has 30 heavy (non-hydrogen) atoms. The normalized spacial score (nSPS) is 12.1. The topological polar surface area (TPSA) is 29.5 Å². The minimum atomic E-state index is -2.61. The first-order valence-corrected chi connectivity index (χ1v) is 20.1. The van der Waals surface area contributed by atoms with Crippen molar-refractivity contribution in [2.45, 2.75) is 86.5 Å². The second-order valence-corrected chi connectivity index (χ2v) is 22.4. The first kappa shape index (κ1) is 27.5. The van der Waals surface area contributed by atoms with Gasteiger partial charge >= 0.3 is 199 Å². The van der Waals surface area contributed by atoms with E-state index in [0.717, 1.165) is 10.2 Å². The fraction of sp³-hybridized carbons (Fsp3) is 0.640. The Morgan fingerprint density at radius 3 is 1.97 bits per heavy atom. The van der Waals surface area contributed by atoms with E-state index in [1.54, 1.807) is 3.59 Å². The van der Waals surface area contributed by atoms with E-state index in [1.807, 2.05) is 36.1 Å². The average molecular weight is 587 g/mol. The van der Waals surface area contributed by atoms with Crippen molar-refractivity contribution in [2.75, 3.05) is 18.1 Å². The standard InChI is InChI=1S/C13H15BrNO2.3C4H9.Sn/c1-3-5-10-15(13(16)17-4-2)12-9-7-6-8-11(12)14;3*1-3-4-2;/h3,6-9H,4,10H2,1-2H3;3*1,3-4H2,2H3;. The van der Waals surface area contributed by atoms with Crippen LogP contribution in [0, 0.1) is 0 Å². The van der Waals surface area contributed by atoms with Gasteiger partial charge in [-0.05, 0) is 0 Å².